The van der Waals surface area contributed by atoms with Crippen molar-refractivity contribution in [3.8, 4) is 0 Å². The fourth-order valence-corrected chi connectivity index (χ4v) is 3.39. The Morgan fingerprint density at radius 1 is 1.44 bits per heavy atom. The normalized spacial score (nSPS) is 12.1. The monoisotopic (exact) mass is 384 g/mol. The van der Waals surface area contributed by atoms with Crippen molar-refractivity contribution in [1.29, 1.82) is 0 Å². The van der Waals surface area contributed by atoms with Crippen LogP contribution in [0.5, 0.6) is 0 Å². The maximum atomic E-state index is 12.0. The van der Waals surface area contributed by atoms with Gasteiger partial charge in [-0.2, -0.15) is 0 Å². The molecule has 0 bridgehead atoms. The summed E-state index contributed by atoms with van der Waals surface area (Å²) < 4.78 is 1.16. The van der Waals surface area contributed by atoms with Crippen molar-refractivity contribution in [3.63, 3.8) is 0 Å². The summed E-state index contributed by atoms with van der Waals surface area (Å²) in [7, 11) is 1.96. The van der Waals surface area contributed by atoms with Crippen LogP contribution in [0, 0.1) is 0 Å². The Morgan fingerprint density at radius 3 is 2.93 bits per heavy atom. The van der Waals surface area contributed by atoms with E-state index in [2.05, 4.69) is 29.5 Å². The van der Waals surface area contributed by atoms with Gasteiger partial charge in [0.05, 0.1) is 15.7 Å². The van der Waals surface area contributed by atoms with E-state index >= 15 is 0 Å². The Bertz CT molecular complexity index is 826. The van der Waals surface area contributed by atoms with E-state index in [0.29, 0.717) is 6.54 Å². The molecule has 1 N–H and O–H groups in total. The van der Waals surface area contributed by atoms with Gasteiger partial charge in [-0.3, -0.25) is 4.79 Å². The van der Waals surface area contributed by atoms with Gasteiger partial charge in [0.15, 0.2) is 0 Å². The van der Waals surface area contributed by atoms with Crippen LogP contribution in [-0.4, -0.2) is 40.4 Å². The van der Waals surface area contributed by atoms with Gasteiger partial charge in [-0.15, -0.1) is 17.9 Å². The summed E-state index contributed by atoms with van der Waals surface area (Å²) in [4.78, 5) is 20.2. The van der Waals surface area contributed by atoms with Gasteiger partial charge in [0, 0.05) is 38.1 Å². The molecule has 27 heavy (non-hydrogen) atoms. The lowest BCUT2D eigenvalue weighted by Crippen LogP contribution is -2.45. The van der Waals surface area contributed by atoms with E-state index in [4.69, 9.17) is 0 Å². The van der Waals surface area contributed by atoms with Crippen LogP contribution >= 0.6 is 11.3 Å². The number of aromatic nitrogens is 1. The Labute approximate surface area is 165 Å². The molecular formula is C21H28N4OS. The predicted octanol–water partition coefficient (Wildman–Crippen LogP) is 4.83. The number of unbranched alkanes of at least 4 members (excludes halogenated alkanes) is 1. The zero-order valence-electron chi connectivity index (χ0n) is 16.3. The number of hydrogen-bond donors (Lipinski definition) is 1. The standard InChI is InChI=1S/C21H28N4OS/c1-6-7-8-12-25(18(4)26)17(3)24(5)13-11-16(2)23-19-9-10-21-20(14-19)22-15-27-21/h6,9-11,13-15,17,23H,1-2,7-8,12H2,3-5H3/b13-11-. The highest BCUT2D eigenvalue weighted by molar-refractivity contribution is 7.16. The first-order valence-electron chi connectivity index (χ1n) is 8.99. The molecule has 0 spiro atoms. The number of allylic oxidation sites excluding steroid dienone is 2. The molecule has 1 amide bonds. The molecule has 0 saturated carbocycles. The molecule has 1 aromatic heterocycles. The minimum Gasteiger partial charge on any atom is -0.361 e. The summed E-state index contributed by atoms with van der Waals surface area (Å²) in [6, 6.07) is 6.08. The van der Waals surface area contributed by atoms with E-state index < -0.39 is 0 Å². The van der Waals surface area contributed by atoms with Crippen molar-refractivity contribution in [1.82, 2.24) is 14.8 Å². The van der Waals surface area contributed by atoms with E-state index in [1.165, 1.54) is 0 Å². The number of nitrogens with one attached hydrogen (secondary N) is 1. The largest absolute Gasteiger partial charge is 0.361 e. The molecule has 1 unspecified atom stereocenters. The molecule has 144 valence electrons. The third kappa shape index (κ3) is 5.96. The SMILES string of the molecule is C=CCCCN(C(C)=O)C(C)N(C)/C=C\C(=C)Nc1ccc2scnc2c1. The molecule has 0 fully saturated rings. The second kappa shape index (κ2) is 9.92. The number of benzene rings is 1. The number of hydrogen-bond acceptors (Lipinski definition) is 5. The minimum atomic E-state index is -0.0391. The van der Waals surface area contributed by atoms with Gasteiger partial charge in [-0.1, -0.05) is 12.7 Å². The number of fused-ring (bicyclic) bond motifs is 1. The molecule has 2 aromatic rings. The Balaban J connectivity index is 1.94. The summed E-state index contributed by atoms with van der Waals surface area (Å²) in [6.45, 7) is 12.1. The summed E-state index contributed by atoms with van der Waals surface area (Å²) in [5, 5.41) is 3.28. The van der Waals surface area contributed by atoms with E-state index in [9.17, 15) is 4.79 Å². The van der Waals surface area contributed by atoms with E-state index in [0.717, 1.165) is 34.4 Å². The molecule has 0 saturated heterocycles. The molecule has 0 aliphatic heterocycles. The topological polar surface area (TPSA) is 48.5 Å². The molecule has 1 atom stereocenters. The number of thiazole rings is 1. The molecule has 2 rings (SSSR count). The average Bonchev–Trinajstić information content (AvgIpc) is 3.10. The van der Waals surface area contributed by atoms with Crippen LogP contribution in [-0.2, 0) is 4.79 Å². The van der Waals surface area contributed by atoms with Crippen LogP contribution < -0.4 is 5.32 Å². The van der Waals surface area contributed by atoms with Gasteiger partial charge in [-0.25, -0.2) is 4.98 Å². The Morgan fingerprint density at radius 2 is 2.22 bits per heavy atom. The van der Waals surface area contributed by atoms with Crippen LogP contribution in [0.3, 0.4) is 0 Å². The number of carbonyl (C=O) groups excluding carboxylic acids is 1. The van der Waals surface area contributed by atoms with Crippen LogP contribution in [0.4, 0.5) is 5.69 Å². The van der Waals surface area contributed by atoms with E-state index in [1.807, 2.05) is 59.8 Å². The maximum Gasteiger partial charge on any atom is 0.221 e. The zero-order valence-corrected chi connectivity index (χ0v) is 17.1. The summed E-state index contributed by atoms with van der Waals surface area (Å²) in [6.07, 6.45) is 7.50. The molecule has 0 aliphatic rings. The molecule has 0 aliphatic carbocycles. The van der Waals surface area contributed by atoms with Crippen molar-refractivity contribution in [2.45, 2.75) is 32.9 Å². The highest BCUT2D eigenvalue weighted by atomic mass is 32.1. The van der Waals surface area contributed by atoms with E-state index in [1.54, 1.807) is 18.3 Å². The van der Waals surface area contributed by atoms with Crippen molar-refractivity contribution < 1.29 is 4.79 Å². The third-order valence-electron chi connectivity index (χ3n) is 4.40. The summed E-state index contributed by atoms with van der Waals surface area (Å²) in [5.74, 6) is 0.0697. The molecular weight excluding hydrogens is 356 g/mol. The quantitative estimate of drug-likeness (QED) is 0.276. The van der Waals surface area contributed by atoms with Crippen molar-refractivity contribution in [3.05, 3.63) is 60.9 Å². The average molecular weight is 385 g/mol. The van der Waals surface area contributed by atoms with Gasteiger partial charge in [-0.05, 0) is 44.0 Å². The van der Waals surface area contributed by atoms with Gasteiger partial charge in [0.1, 0.15) is 6.17 Å². The highest BCUT2D eigenvalue weighted by Gasteiger charge is 2.18. The van der Waals surface area contributed by atoms with Crippen molar-refractivity contribution in [2.75, 3.05) is 18.9 Å². The maximum absolute atomic E-state index is 12.0. The summed E-state index contributed by atoms with van der Waals surface area (Å²) in [5.41, 5.74) is 4.54. The lowest BCUT2D eigenvalue weighted by Gasteiger charge is -2.34. The fraction of sp³-hybridized carbons (Fsp3) is 0.333. The number of nitrogens with zero attached hydrogens (tertiary/aromatic N) is 3. The molecule has 0 radical (unpaired) electrons. The second-order valence-corrected chi connectivity index (χ2v) is 7.33. The van der Waals surface area contributed by atoms with Crippen LogP contribution in [0.15, 0.2) is 60.9 Å². The molecule has 5 nitrogen and oxygen atoms in total. The van der Waals surface area contributed by atoms with Crippen molar-refractivity contribution >= 4 is 33.1 Å². The third-order valence-corrected chi connectivity index (χ3v) is 5.21. The number of rotatable bonds is 10. The Kier molecular flexibility index (Phi) is 7.61. The predicted molar refractivity (Wildman–Crippen MR) is 116 cm³/mol. The lowest BCUT2D eigenvalue weighted by atomic mass is 10.2. The van der Waals surface area contributed by atoms with Crippen LogP contribution in [0.2, 0.25) is 0 Å². The van der Waals surface area contributed by atoms with Crippen LogP contribution in [0.25, 0.3) is 10.2 Å². The first-order chi connectivity index (χ1) is 12.9. The zero-order chi connectivity index (χ0) is 19.8. The molecule has 6 heteroatoms. The first-order valence-corrected chi connectivity index (χ1v) is 9.87. The van der Waals surface area contributed by atoms with Gasteiger partial charge in [0.25, 0.3) is 0 Å². The van der Waals surface area contributed by atoms with Crippen molar-refractivity contribution in [2.24, 2.45) is 0 Å². The van der Waals surface area contributed by atoms with E-state index in [-0.39, 0.29) is 12.1 Å². The van der Waals surface area contributed by atoms with Gasteiger partial charge in [0.2, 0.25) is 5.91 Å². The summed E-state index contributed by atoms with van der Waals surface area (Å²) >= 11 is 1.62. The molecule has 1 aromatic carbocycles. The van der Waals surface area contributed by atoms with Gasteiger partial charge >= 0.3 is 0 Å². The van der Waals surface area contributed by atoms with Crippen LogP contribution in [0.1, 0.15) is 26.7 Å². The second-order valence-electron chi connectivity index (χ2n) is 6.44. The fourth-order valence-electron chi connectivity index (χ4n) is 2.73. The van der Waals surface area contributed by atoms with Gasteiger partial charge < -0.3 is 15.1 Å². The molecule has 1 heterocycles. The minimum absolute atomic E-state index is 0.0391. The lowest BCUT2D eigenvalue weighted by molar-refractivity contribution is -0.133. The smallest absolute Gasteiger partial charge is 0.221 e. The first kappa shape index (κ1) is 20.7. The number of anilines is 1. The number of amides is 1. The number of carbonyl (C=O) groups is 1. The highest BCUT2D eigenvalue weighted by Crippen LogP contribution is 2.22. The Hall–Kier alpha value is -2.60.